The van der Waals surface area contributed by atoms with Gasteiger partial charge in [-0.15, -0.1) is 0 Å². The molecule has 0 atom stereocenters. The second-order valence-electron chi connectivity index (χ2n) is 3.17. The van der Waals surface area contributed by atoms with Crippen LogP contribution in [0.5, 0.6) is 11.5 Å². The molecule has 0 fully saturated rings. The summed E-state index contributed by atoms with van der Waals surface area (Å²) >= 11 is 3.38. The van der Waals surface area contributed by atoms with Crippen LogP contribution in [0.1, 0.15) is 22.8 Å². The van der Waals surface area contributed by atoms with E-state index in [0.717, 1.165) is 10.0 Å². The Morgan fingerprint density at radius 1 is 1.33 bits per heavy atom. The Balaban J connectivity index is 3.56. The van der Waals surface area contributed by atoms with Crippen molar-refractivity contribution in [3.05, 3.63) is 21.7 Å². The van der Waals surface area contributed by atoms with Gasteiger partial charge in [0.05, 0.1) is 19.8 Å². The lowest BCUT2D eigenvalue weighted by Gasteiger charge is -2.14. The van der Waals surface area contributed by atoms with Crippen molar-refractivity contribution in [2.24, 2.45) is 0 Å². The molecule has 0 radical (unpaired) electrons. The van der Waals surface area contributed by atoms with Gasteiger partial charge in [0.2, 0.25) is 0 Å². The number of aryl methyl sites for hydroxylation is 1. The first kappa shape index (κ1) is 12.0. The van der Waals surface area contributed by atoms with Crippen molar-refractivity contribution in [2.45, 2.75) is 13.8 Å². The minimum atomic E-state index is -0.0549. The quantitative estimate of drug-likeness (QED) is 0.794. The highest BCUT2D eigenvalue weighted by molar-refractivity contribution is 9.10. The summed E-state index contributed by atoms with van der Waals surface area (Å²) in [5.74, 6) is 0.992. The molecule has 0 saturated heterocycles. The van der Waals surface area contributed by atoms with Crippen molar-refractivity contribution in [1.82, 2.24) is 0 Å². The molecule has 0 saturated carbocycles. The largest absolute Gasteiger partial charge is 0.493 e. The van der Waals surface area contributed by atoms with Gasteiger partial charge in [-0.05, 0) is 41.4 Å². The van der Waals surface area contributed by atoms with Gasteiger partial charge in [0.15, 0.2) is 17.3 Å². The summed E-state index contributed by atoms with van der Waals surface area (Å²) in [6.07, 6.45) is 0. The Kier molecular flexibility index (Phi) is 3.74. The fourth-order valence-corrected chi connectivity index (χ4v) is 1.99. The minimum Gasteiger partial charge on any atom is -0.493 e. The van der Waals surface area contributed by atoms with Crippen LogP contribution in [0.3, 0.4) is 0 Å². The molecule has 3 nitrogen and oxygen atoms in total. The number of rotatable bonds is 3. The molecule has 0 bridgehead atoms. The van der Waals surface area contributed by atoms with Crippen molar-refractivity contribution in [1.29, 1.82) is 0 Å². The first-order chi connectivity index (χ1) is 7.02. The summed E-state index contributed by atoms with van der Waals surface area (Å²) in [6, 6.07) is 1.83. The smallest absolute Gasteiger partial charge is 0.172 e. The van der Waals surface area contributed by atoms with Gasteiger partial charge in [-0.1, -0.05) is 0 Å². The molecule has 0 aliphatic carbocycles. The lowest BCUT2D eigenvalue weighted by atomic mass is 10.1. The van der Waals surface area contributed by atoms with Crippen LogP contribution in [0.2, 0.25) is 0 Å². The normalized spacial score (nSPS) is 9.93. The van der Waals surface area contributed by atoms with Crippen molar-refractivity contribution in [2.75, 3.05) is 14.2 Å². The number of Topliss-reactive ketones (excluding diaryl/α,β-unsaturated/α-hetero) is 1. The van der Waals surface area contributed by atoms with Crippen molar-refractivity contribution in [3.8, 4) is 11.5 Å². The molecule has 0 aromatic heterocycles. The van der Waals surface area contributed by atoms with E-state index in [1.54, 1.807) is 7.11 Å². The van der Waals surface area contributed by atoms with E-state index in [2.05, 4.69) is 15.9 Å². The van der Waals surface area contributed by atoms with Crippen LogP contribution in [-0.2, 0) is 0 Å². The molecule has 0 aliphatic rings. The highest BCUT2D eigenvalue weighted by Crippen LogP contribution is 2.38. The summed E-state index contributed by atoms with van der Waals surface area (Å²) in [5, 5.41) is 0. The number of ether oxygens (including phenoxy) is 2. The summed E-state index contributed by atoms with van der Waals surface area (Å²) in [4.78, 5) is 11.5. The minimum absolute atomic E-state index is 0.0549. The monoisotopic (exact) mass is 272 g/mol. The topological polar surface area (TPSA) is 35.5 Å². The third kappa shape index (κ3) is 2.15. The molecule has 0 unspecified atom stereocenters. The summed E-state index contributed by atoms with van der Waals surface area (Å²) in [7, 11) is 3.07. The van der Waals surface area contributed by atoms with E-state index in [1.165, 1.54) is 14.0 Å². The molecule has 0 heterocycles. The molecule has 1 rings (SSSR count). The maximum absolute atomic E-state index is 11.5. The van der Waals surface area contributed by atoms with E-state index >= 15 is 0 Å². The number of hydrogen-bond donors (Lipinski definition) is 0. The maximum Gasteiger partial charge on any atom is 0.172 e. The van der Waals surface area contributed by atoms with Gasteiger partial charge >= 0.3 is 0 Å². The highest BCUT2D eigenvalue weighted by Gasteiger charge is 2.19. The van der Waals surface area contributed by atoms with E-state index in [4.69, 9.17) is 9.47 Å². The van der Waals surface area contributed by atoms with Crippen LogP contribution in [-0.4, -0.2) is 20.0 Å². The lowest BCUT2D eigenvalue weighted by Crippen LogP contribution is -2.03. The van der Waals surface area contributed by atoms with Gasteiger partial charge in [-0.2, -0.15) is 0 Å². The summed E-state index contributed by atoms with van der Waals surface area (Å²) < 4.78 is 11.1. The van der Waals surface area contributed by atoms with Crippen LogP contribution in [0, 0.1) is 6.92 Å². The second-order valence-corrected chi connectivity index (χ2v) is 3.97. The van der Waals surface area contributed by atoms with Gasteiger partial charge < -0.3 is 9.47 Å². The fraction of sp³-hybridized carbons (Fsp3) is 0.364. The van der Waals surface area contributed by atoms with Gasteiger partial charge in [0.25, 0.3) is 0 Å². The SMILES string of the molecule is COc1cc(C)c(Br)c(C(C)=O)c1OC. The molecule has 1 aromatic rings. The van der Waals surface area contributed by atoms with Crippen LogP contribution >= 0.6 is 15.9 Å². The Labute approximate surface area is 97.5 Å². The number of benzene rings is 1. The zero-order chi connectivity index (χ0) is 11.6. The standard InChI is InChI=1S/C11H13BrO3/c1-6-5-8(14-3)11(15-4)9(7(2)13)10(6)12/h5H,1-4H3. The van der Waals surface area contributed by atoms with Crippen molar-refractivity contribution >= 4 is 21.7 Å². The lowest BCUT2D eigenvalue weighted by molar-refractivity contribution is 0.101. The molecular formula is C11H13BrO3. The number of ketones is 1. The van der Waals surface area contributed by atoms with Gasteiger partial charge in [-0.3, -0.25) is 4.79 Å². The molecule has 1 aromatic carbocycles. The zero-order valence-electron chi connectivity index (χ0n) is 9.18. The number of halogens is 1. The average molecular weight is 273 g/mol. The highest BCUT2D eigenvalue weighted by atomic mass is 79.9. The first-order valence-electron chi connectivity index (χ1n) is 4.45. The number of carbonyl (C=O) groups excluding carboxylic acids is 1. The Morgan fingerprint density at radius 2 is 1.93 bits per heavy atom. The third-order valence-corrected chi connectivity index (χ3v) is 3.16. The molecule has 0 spiro atoms. The molecule has 4 heteroatoms. The van der Waals surface area contributed by atoms with E-state index in [9.17, 15) is 4.79 Å². The molecule has 15 heavy (non-hydrogen) atoms. The van der Waals surface area contributed by atoms with E-state index in [0.29, 0.717) is 17.1 Å². The second kappa shape index (κ2) is 4.66. The van der Waals surface area contributed by atoms with E-state index in [1.807, 2.05) is 13.0 Å². The maximum atomic E-state index is 11.5. The Bertz CT molecular complexity index is 399. The van der Waals surface area contributed by atoms with Gasteiger partial charge in [0.1, 0.15) is 0 Å². The van der Waals surface area contributed by atoms with E-state index < -0.39 is 0 Å². The zero-order valence-corrected chi connectivity index (χ0v) is 10.8. The molecule has 82 valence electrons. The molecular weight excluding hydrogens is 260 g/mol. The summed E-state index contributed by atoms with van der Waals surface area (Å²) in [6.45, 7) is 3.40. The fourth-order valence-electron chi connectivity index (χ4n) is 1.41. The third-order valence-electron chi connectivity index (χ3n) is 2.14. The number of methoxy groups -OCH3 is 2. The Hall–Kier alpha value is -1.03. The number of carbonyl (C=O) groups is 1. The van der Waals surface area contributed by atoms with E-state index in [-0.39, 0.29) is 5.78 Å². The first-order valence-corrected chi connectivity index (χ1v) is 5.24. The van der Waals surface area contributed by atoms with Crippen LogP contribution in [0.25, 0.3) is 0 Å². The summed E-state index contributed by atoms with van der Waals surface area (Å²) in [5.41, 5.74) is 1.47. The molecule has 0 aliphatic heterocycles. The number of hydrogen-bond acceptors (Lipinski definition) is 3. The van der Waals surface area contributed by atoms with Crippen molar-refractivity contribution < 1.29 is 14.3 Å². The van der Waals surface area contributed by atoms with Crippen molar-refractivity contribution in [3.63, 3.8) is 0 Å². The predicted octanol–water partition coefficient (Wildman–Crippen LogP) is 2.98. The van der Waals surface area contributed by atoms with Crippen LogP contribution in [0.4, 0.5) is 0 Å². The van der Waals surface area contributed by atoms with Gasteiger partial charge in [-0.25, -0.2) is 0 Å². The Morgan fingerprint density at radius 3 is 2.33 bits per heavy atom. The molecule has 0 N–H and O–H groups in total. The van der Waals surface area contributed by atoms with Gasteiger partial charge in [0, 0.05) is 4.47 Å². The predicted molar refractivity (Wildman–Crippen MR) is 62.0 cm³/mol. The van der Waals surface area contributed by atoms with Crippen LogP contribution < -0.4 is 9.47 Å². The van der Waals surface area contributed by atoms with Crippen LogP contribution in [0.15, 0.2) is 10.5 Å². The average Bonchev–Trinajstić information content (AvgIpc) is 2.20. The molecule has 0 amide bonds.